The number of carbonyl (C=O) groups excluding carboxylic acids is 1. The van der Waals surface area contributed by atoms with Gasteiger partial charge in [0.25, 0.3) is 0 Å². The highest BCUT2D eigenvalue weighted by molar-refractivity contribution is 7.90. The smallest absolute Gasteiger partial charge is 0.235 e. The molecule has 98 valence electrons. The van der Waals surface area contributed by atoms with E-state index in [-0.39, 0.29) is 12.1 Å². The molecule has 0 aromatic heterocycles. The second kappa shape index (κ2) is 5.24. The summed E-state index contributed by atoms with van der Waals surface area (Å²) in [6.45, 7) is -0.357. The van der Waals surface area contributed by atoms with Gasteiger partial charge in [0.15, 0.2) is 21.4 Å². The molecular formula is C10H9F2NO4S. The Bertz CT molecular complexity index is 621. The van der Waals surface area contributed by atoms with E-state index in [9.17, 15) is 22.0 Å². The molecule has 1 aromatic rings. The van der Waals surface area contributed by atoms with Crippen molar-refractivity contribution >= 4 is 15.9 Å². The molecule has 0 saturated heterocycles. The van der Waals surface area contributed by atoms with Gasteiger partial charge in [-0.3, -0.25) is 0 Å². The first-order chi connectivity index (χ1) is 8.32. The van der Waals surface area contributed by atoms with Gasteiger partial charge in [0.1, 0.15) is 10.7 Å². The number of isocyanates is 1. The number of halogens is 2. The molecule has 1 rings (SSSR count). The molecular weight excluding hydrogens is 268 g/mol. The summed E-state index contributed by atoms with van der Waals surface area (Å²) in [5.41, 5.74) is -0.0803. The number of hydrogen-bond acceptors (Lipinski definition) is 5. The molecule has 18 heavy (non-hydrogen) atoms. The molecule has 0 radical (unpaired) electrons. The van der Waals surface area contributed by atoms with E-state index in [1.54, 1.807) is 0 Å². The van der Waals surface area contributed by atoms with Crippen LogP contribution in [0.15, 0.2) is 16.0 Å². The number of aliphatic imine (C=N–C) groups is 1. The maximum atomic E-state index is 13.8. The van der Waals surface area contributed by atoms with Crippen LogP contribution in [0.1, 0.15) is 5.56 Å². The first-order valence-electron chi connectivity index (χ1n) is 4.61. The fourth-order valence-electron chi connectivity index (χ4n) is 1.43. The van der Waals surface area contributed by atoms with Crippen LogP contribution >= 0.6 is 0 Å². The van der Waals surface area contributed by atoms with Crippen molar-refractivity contribution in [3.05, 3.63) is 23.3 Å². The van der Waals surface area contributed by atoms with Crippen molar-refractivity contribution in [3.63, 3.8) is 0 Å². The van der Waals surface area contributed by atoms with Crippen molar-refractivity contribution in [1.29, 1.82) is 0 Å². The number of nitrogens with zero attached hydrogens (tertiary/aromatic N) is 1. The monoisotopic (exact) mass is 277 g/mol. The van der Waals surface area contributed by atoms with Crippen molar-refractivity contribution in [2.45, 2.75) is 11.4 Å². The fourth-order valence-corrected chi connectivity index (χ4v) is 2.26. The van der Waals surface area contributed by atoms with Gasteiger partial charge in [0.2, 0.25) is 6.08 Å². The third-order valence-electron chi connectivity index (χ3n) is 2.10. The second-order valence-electron chi connectivity index (χ2n) is 3.37. The fraction of sp³-hybridized carbons (Fsp3) is 0.300. The van der Waals surface area contributed by atoms with E-state index in [4.69, 9.17) is 0 Å². The van der Waals surface area contributed by atoms with Crippen LogP contribution in [0.3, 0.4) is 0 Å². The summed E-state index contributed by atoms with van der Waals surface area (Å²) in [6.07, 6.45) is 1.89. The standard InChI is InChI=1S/C10H9F2NO4S/c1-17-9-6(4-13-5-14)3-7(11)10(8(9)12)18(2,15)16/h3H,4H2,1-2H3. The molecule has 0 unspecified atom stereocenters. The van der Waals surface area contributed by atoms with Crippen LogP contribution in [0.4, 0.5) is 8.78 Å². The molecule has 0 fully saturated rings. The SMILES string of the molecule is COc1c(CN=C=O)cc(F)c(S(C)(=O)=O)c1F. The highest BCUT2D eigenvalue weighted by atomic mass is 32.2. The largest absolute Gasteiger partial charge is 0.493 e. The summed E-state index contributed by atoms with van der Waals surface area (Å²) >= 11 is 0. The third kappa shape index (κ3) is 2.72. The summed E-state index contributed by atoms with van der Waals surface area (Å²) in [6, 6.07) is 0.763. The zero-order chi connectivity index (χ0) is 13.9. The van der Waals surface area contributed by atoms with Gasteiger partial charge < -0.3 is 4.74 Å². The highest BCUT2D eigenvalue weighted by Crippen LogP contribution is 2.31. The van der Waals surface area contributed by atoms with Crippen molar-refractivity contribution in [3.8, 4) is 5.75 Å². The van der Waals surface area contributed by atoms with Crippen LogP contribution in [0.25, 0.3) is 0 Å². The maximum absolute atomic E-state index is 13.8. The van der Waals surface area contributed by atoms with E-state index < -0.39 is 32.1 Å². The molecule has 0 N–H and O–H groups in total. The minimum absolute atomic E-state index is 0.0803. The van der Waals surface area contributed by atoms with E-state index in [0.29, 0.717) is 6.26 Å². The second-order valence-corrected chi connectivity index (χ2v) is 5.33. The normalized spacial score (nSPS) is 10.9. The molecule has 5 nitrogen and oxygen atoms in total. The van der Waals surface area contributed by atoms with Gasteiger partial charge in [0, 0.05) is 11.8 Å². The van der Waals surface area contributed by atoms with Gasteiger partial charge >= 0.3 is 0 Å². The molecule has 8 heteroatoms. The number of benzene rings is 1. The Morgan fingerprint density at radius 3 is 2.50 bits per heavy atom. The molecule has 0 bridgehead atoms. The molecule has 0 aliphatic rings. The van der Waals surface area contributed by atoms with E-state index in [0.717, 1.165) is 13.2 Å². The molecule has 1 aromatic carbocycles. The summed E-state index contributed by atoms with van der Waals surface area (Å²) in [5, 5.41) is 0. The molecule has 0 amide bonds. The van der Waals surface area contributed by atoms with E-state index in [1.165, 1.54) is 6.08 Å². The van der Waals surface area contributed by atoms with Crippen molar-refractivity contribution in [1.82, 2.24) is 0 Å². The van der Waals surface area contributed by atoms with Crippen LogP contribution in [0.5, 0.6) is 5.75 Å². The van der Waals surface area contributed by atoms with Crippen LogP contribution < -0.4 is 4.74 Å². The average Bonchev–Trinajstić information content (AvgIpc) is 2.23. The zero-order valence-electron chi connectivity index (χ0n) is 9.53. The zero-order valence-corrected chi connectivity index (χ0v) is 10.3. The Morgan fingerprint density at radius 1 is 1.44 bits per heavy atom. The number of hydrogen-bond donors (Lipinski definition) is 0. The molecule has 0 aliphatic heterocycles. The lowest BCUT2D eigenvalue weighted by Crippen LogP contribution is -2.08. The van der Waals surface area contributed by atoms with Crippen LogP contribution in [-0.2, 0) is 21.2 Å². The molecule has 0 spiro atoms. The Labute approximate surface area is 102 Å². The lowest BCUT2D eigenvalue weighted by atomic mass is 10.2. The minimum Gasteiger partial charge on any atom is -0.493 e. The minimum atomic E-state index is -4.07. The van der Waals surface area contributed by atoms with Gasteiger partial charge in [-0.15, -0.1) is 0 Å². The molecule has 0 heterocycles. The van der Waals surface area contributed by atoms with Crippen molar-refractivity contribution in [2.75, 3.05) is 13.4 Å². The van der Waals surface area contributed by atoms with Crippen LogP contribution in [-0.4, -0.2) is 27.9 Å². The number of methoxy groups -OCH3 is 1. The summed E-state index contributed by atoms with van der Waals surface area (Å²) in [4.78, 5) is 12.0. The number of ether oxygens (including phenoxy) is 1. The Balaban J connectivity index is 3.59. The topological polar surface area (TPSA) is 72.8 Å². The maximum Gasteiger partial charge on any atom is 0.235 e. The summed E-state index contributed by atoms with van der Waals surface area (Å²) < 4.78 is 54.5. The summed E-state index contributed by atoms with van der Waals surface area (Å²) in [7, 11) is -2.98. The Morgan fingerprint density at radius 2 is 2.06 bits per heavy atom. The van der Waals surface area contributed by atoms with E-state index >= 15 is 0 Å². The van der Waals surface area contributed by atoms with Crippen molar-refractivity contribution in [2.24, 2.45) is 4.99 Å². The predicted molar refractivity (Wildman–Crippen MR) is 57.8 cm³/mol. The molecule has 0 atom stereocenters. The summed E-state index contributed by atoms with van der Waals surface area (Å²) in [5.74, 6) is -3.06. The third-order valence-corrected chi connectivity index (χ3v) is 3.21. The Hall–Kier alpha value is -1.79. The van der Waals surface area contributed by atoms with Gasteiger partial charge in [-0.05, 0) is 6.07 Å². The van der Waals surface area contributed by atoms with Crippen molar-refractivity contribution < 1.29 is 26.7 Å². The molecule has 0 aliphatic carbocycles. The Kier molecular flexibility index (Phi) is 4.15. The van der Waals surface area contributed by atoms with Gasteiger partial charge in [-0.1, -0.05) is 0 Å². The average molecular weight is 277 g/mol. The lowest BCUT2D eigenvalue weighted by molar-refractivity contribution is 0.370. The first kappa shape index (κ1) is 14.3. The van der Waals surface area contributed by atoms with Gasteiger partial charge in [-0.25, -0.2) is 27.0 Å². The lowest BCUT2D eigenvalue weighted by Gasteiger charge is -2.11. The quantitative estimate of drug-likeness (QED) is 0.612. The highest BCUT2D eigenvalue weighted by Gasteiger charge is 2.25. The number of sulfone groups is 1. The predicted octanol–water partition coefficient (Wildman–Crippen LogP) is 1.21. The van der Waals surface area contributed by atoms with E-state index in [2.05, 4.69) is 9.73 Å². The van der Waals surface area contributed by atoms with Crippen LogP contribution in [0.2, 0.25) is 0 Å². The molecule has 0 saturated carbocycles. The van der Waals surface area contributed by atoms with Gasteiger partial charge in [0.05, 0.1) is 13.7 Å². The van der Waals surface area contributed by atoms with Crippen LogP contribution in [0, 0.1) is 11.6 Å². The van der Waals surface area contributed by atoms with Gasteiger partial charge in [-0.2, -0.15) is 0 Å². The van der Waals surface area contributed by atoms with E-state index in [1.807, 2.05) is 0 Å². The first-order valence-corrected chi connectivity index (χ1v) is 6.50. The number of rotatable bonds is 4.